The zero-order chi connectivity index (χ0) is 12.4. The van der Waals surface area contributed by atoms with Crippen LogP contribution < -0.4 is 5.32 Å². The monoisotopic (exact) mass is 232 g/mol. The maximum atomic E-state index is 12.1. The minimum absolute atomic E-state index is 0.0385. The van der Waals surface area contributed by atoms with Gasteiger partial charge in [-0.1, -0.05) is 6.07 Å². The van der Waals surface area contributed by atoms with Crippen LogP contribution in [0, 0.1) is 13.8 Å². The van der Waals surface area contributed by atoms with Crippen molar-refractivity contribution in [3.8, 4) is 0 Å². The summed E-state index contributed by atoms with van der Waals surface area (Å²) in [6, 6.07) is 6.08. The molecule has 0 spiro atoms. The molecule has 2 rings (SSSR count). The first-order chi connectivity index (χ1) is 8.08. The smallest absolute Gasteiger partial charge is 0.241 e. The summed E-state index contributed by atoms with van der Waals surface area (Å²) in [5, 5.41) is 3.00. The molecule has 0 bridgehead atoms. The highest BCUT2D eigenvalue weighted by atomic mass is 16.2. The SMILES string of the molecule is Cc1ccc(NC(=O)C2CCCN2C)cc1C. The summed E-state index contributed by atoms with van der Waals surface area (Å²) in [5.41, 5.74) is 3.36. The maximum Gasteiger partial charge on any atom is 0.241 e. The highest BCUT2D eigenvalue weighted by Crippen LogP contribution is 2.18. The molecule has 1 aromatic carbocycles. The van der Waals surface area contributed by atoms with E-state index in [1.54, 1.807) is 0 Å². The number of aryl methyl sites for hydroxylation is 2. The van der Waals surface area contributed by atoms with E-state index in [0.29, 0.717) is 0 Å². The van der Waals surface area contributed by atoms with Gasteiger partial charge in [-0.2, -0.15) is 0 Å². The van der Waals surface area contributed by atoms with Crippen LogP contribution in [0.4, 0.5) is 5.69 Å². The van der Waals surface area contributed by atoms with E-state index in [-0.39, 0.29) is 11.9 Å². The molecule has 0 aromatic heterocycles. The summed E-state index contributed by atoms with van der Waals surface area (Å²) in [6.07, 6.45) is 2.08. The number of benzene rings is 1. The van der Waals surface area contributed by atoms with E-state index >= 15 is 0 Å². The Bertz CT molecular complexity index is 428. The largest absolute Gasteiger partial charge is 0.325 e. The van der Waals surface area contributed by atoms with Crippen LogP contribution in [0.25, 0.3) is 0 Å². The van der Waals surface area contributed by atoms with Crippen LogP contribution in [-0.2, 0) is 4.79 Å². The summed E-state index contributed by atoms with van der Waals surface area (Å²) in [5.74, 6) is 0.119. The van der Waals surface area contributed by atoms with Gasteiger partial charge in [0.2, 0.25) is 5.91 Å². The molecule has 1 heterocycles. The van der Waals surface area contributed by atoms with Crippen molar-refractivity contribution in [1.29, 1.82) is 0 Å². The molecule has 1 saturated heterocycles. The van der Waals surface area contributed by atoms with E-state index in [1.165, 1.54) is 11.1 Å². The number of nitrogens with zero attached hydrogens (tertiary/aromatic N) is 1. The van der Waals surface area contributed by atoms with Gasteiger partial charge in [0.25, 0.3) is 0 Å². The van der Waals surface area contributed by atoms with E-state index in [1.807, 2.05) is 25.2 Å². The molecule has 1 unspecified atom stereocenters. The number of carbonyl (C=O) groups excluding carboxylic acids is 1. The average molecular weight is 232 g/mol. The van der Waals surface area contributed by atoms with Crippen molar-refractivity contribution in [3.63, 3.8) is 0 Å². The number of rotatable bonds is 2. The molecular weight excluding hydrogens is 212 g/mol. The second-order valence-electron chi connectivity index (χ2n) is 4.93. The Morgan fingerprint density at radius 3 is 2.71 bits per heavy atom. The lowest BCUT2D eigenvalue weighted by molar-refractivity contribution is -0.119. The summed E-state index contributed by atoms with van der Waals surface area (Å²) >= 11 is 0. The number of anilines is 1. The van der Waals surface area contributed by atoms with Gasteiger partial charge in [0.15, 0.2) is 0 Å². The fourth-order valence-electron chi connectivity index (χ4n) is 2.29. The Balaban J connectivity index is 2.05. The molecule has 0 radical (unpaired) electrons. The molecule has 3 nitrogen and oxygen atoms in total. The van der Waals surface area contributed by atoms with Crippen molar-refractivity contribution >= 4 is 11.6 Å². The predicted octanol–water partition coefficient (Wildman–Crippen LogP) is 2.34. The molecule has 1 amide bonds. The van der Waals surface area contributed by atoms with Gasteiger partial charge in [-0.25, -0.2) is 0 Å². The van der Waals surface area contributed by atoms with Crippen molar-refractivity contribution in [3.05, 3.63) is 29.3 Å². The van der Waals surface area contributed by atoms with Gasteiger partial charge in [-0.05, 0) is 63.5 Å². The molecule has 1 N–H and O–H groups in total. The first-order valence-corrected chi connectivity index (χ1v) is 6.16. The van der Waals surface area contributed by atoms with Gasteiger partial charge >= 0.3 is 0 Å². The third-order valence-corrected chi connectivity index (χ3v) is 3.60. The molecule has 1 atom stereocenters. The molecule has 0 saturated carbocycles. The fraction of sp³-hybridized carbons (Fsp3) is 0.500. The van der Waals surface area contributed by atoms with Gasteiger partial charge in [0.1, 0.15) is 0 Å². The Morgan fingerprint density at radius 1 is 1.35 bits per heavy atom. The van der Waals surface area contributed by atoms with Crippen LogP contribution >= 0.6 is 0 Å². The summed E-state index contributed by atoms with van der Waals surface area (Å²) in [7, 11) is 2.01. The van der Waals surface area contributed by atoms with Crippen molar-refractivity contribution in [2.45, 2.75) is 32.7 Å². The van der Waals surface area contributed by atoms with Crippen molar-refractivity contribution in [2.75, 3.05) is 18.9 Å². The lowest BCUT2D eigenvalue weighted by Gasteiger charge is -2.18. The lowest BCUT2D eigenvalue weighted by Crippen LogP contribution is -2.37. The second-order valence-corrected chi connectivity index (χ2v) is 4.93. The lowest BCUT2D eigenvalue weighted by atomic mass is 10.1. The Kier molecular flexibility index (Phi) is 3.48. The van der Waals surface area contributed by atoms with Gasteiger partial charge in [-0.15, -0.1) is 0 Å². The molecule has 0 aliphatic carbocycles. The number of carbonyl (C=O) groups is 1. The van der Waals surface area contributed by atoms with E-state index in [0.717, 1.165) is 25.1 Å². The van der Waals surface area contributed by atoms with Crippen LogP contribution in [0.2, 0.25) is 0 Å². The zero-order valence-corrected chi connectivity index (χ0v) is 10.8. The number of hydrogen-bond donors (Lipinski definition) is 1. The normalized spacial score (nSPS) is 20.5. The van der Waals surface area contributed by atoms with Crippen LogP contribution in [-0.4, -0.2) is 30.4 Å². The second kappa shape index (κ2) is 4.88. The number of amides is 1. The first-order valence-electron chi connectivity index (χ1n) is 6.16. The highest BCUT2D eigenvalue weighted by molar-refractivity contribution is 5.95. The third-order valence-electron chi connectivity index (χ3n) is 3.60. The minimum atomic E-state index is 0.0385. The Hall–Kier alpha value is -1.35. The average Bonchev–Trinajstić information content (AvgIpc) is 2.70. The summed E-state index contributed by atoms with van der Waals surface area (Å²) in [4.78, 5) is 14.2. The molecular formula is C14H20N2O. The van der Waals surface area contributed by atoms with Crippen molar-refractivity contribution < 1.29 is 4.79 Å². The Labute approximate surface area is 103 Å². The molecule has 1 aliphatic heterocycles. The number of nitrogens with one attached hydrogen (secondary N) is 1. The van der Waals surface area contributed by atoms with Gasteiger partial charge < -0.3 is 5.32 Å². The maximum absolute atomic E-state index is 12.1. The first kappa shape index (κ1) is 12.1. The number of likely N-dealkylation sites (N-methyl/N-ethyl adjacent to an activating group) is 1. The number of likely N-dealkylation sites (tertiary alicyclic amines) is 1. The molecule has 1 aromatic rings. The van der Waals surface area contributed by atoms with Crippen LogP contribution in [0.3, 0.4) is 0 Å². The summed E-state index contributed by atoms with van der Waals surface area (Å²) in [6.45, 7) is 5.16. The van der Waals surface area contributed by atoms with Crippen LogP contribution in [0.15, 0.2) is 18.2 Å². The molecule has 3 heteroatoms. The fourth-order valence-corrected chi connectivity index (χ4v) is 2.29. The quantitative estimate of drug-likeness (QED) is 0.848. The van der Waals surface area contributed by atoms with Crippen LogP contribution in [0.5, 0.6) is 0 Å². The molecule has 1 aliphatic rings. The van der Waals surface area contributed by atoms with E-state index < -0.39 is 0 Å². The number of hydrogen-bond acceptors (Lipinski definition) is 2. The van der Waals surface area contributed by atoms with Gasteiger partial charge in [0, 0.05) is 5.69 Å². The molecule has 1 fully saturated rings. The highest BCUT2D eigenvalue weighted by Gasteiger charge is 2.27. The molecule has 92 valence electrons. The van der Waals surface area contributed by atoms with Gasteiger partial charge in [-0.3, -0.25) is 9.69 Å². The minimum Gasteiger partial charge on any atom is -0.325 e. The standard InChI is InChI=1S/C14H20N2O/c1-10-6-7-12(9-11(10)2)15-14(17)13-5-4-8-16(13)3/h6-7,9,13H,4-5,8H2,1-3H3,(H,15,17). The van der Waals surface area contributed by atoms with Crippen molar-refractivity contribution in [2.24, 2.45) is 0 Å². The molecule has 17 heavy (non-hydrogen) atoms. The van der Waals surface area contributed by atoms with Gasteiger partial charge in [0.05, 0.1) is 6.04 Å². The topological polar surface area (TPSA) is 32.3 Å². The Morgan fingerprint density at radius 2 is 2.12 bits per heavy atom. The van der Waals surface area contributed by atoms with Crippen molar-refractivity contribution in [1.82, 2.24) is 4.90 Å². The zero-order valence-electron chi connectivity index (χ0n) is 10.8. The van der Waals surface area contributed by atoms with E-state index in [9.17, 15) is 4.79 Å². The van der Waals surface area contributed by atoms with Crippen LogP contribution in [0.1, 0.15) is 24.0 Å². The predicted molar refractivity (Wildman–Crippen MR) is 70.2 cm³/mol. The van der Waals surface area contributed by atoms with E-state index in [4.69, 9.17) is 0 Å². The van der Waals surface area contributed by atoms with E-state index in [2.05, 4.69) is 24.1 Å². The third kappa shape index (κ3) is 2.67. The summed E-state index contributed by atoms with van der Waals surface area (Å²) < 4.78 is 0.